The molecule has 0 heterocycles. The first-order valence-corrected chi connectivity index (χ1v) is 9.44. The van der Waals surface area contributed by atoms with Crippen LogP contribution in [0.1, 0.15) is 65.7 Å². The summed E-state index contributed by atoms with van der Waals surface area (Å²) in [6.45, 7) is 5.74. The van der Waals surface area contributed by atoms with Crippen LogP contribution in [0.15, 0.2) is 0 Å². The van der Waals surface area contributed by atoms with Crippen LogP contribution < -0.4 is 10.5 Å². The Balaban J connectivity index is 2.93. The summed E-state index contributed by atoms with van der Waals surface area (Å²) < 4.78 is 27.6. The van der Waals surface area contributed by atoms with Crippen LogP contribution in [0.3, 0.4) is 0 Å². The van der Waals surface area contributed by atoms with Crippen LogP contribution in [0.4, 0.5) is 0 Å². The predicted molar refractivity (Wildman–Crippen MR) is 88.2 cm³/mol. The summed E-state index contributed by atoms with van der Waals surface area (Å²) in [5.74, 6) is 0.0877. The molecule has 0 aromatic rings. The van der Waals surface area contributed by atoms with Gasteiger partial charge in [-0.2, -0.15) is 0 Å². The maximum absolute atomic E-state index is 12.4. The maximum atomic E-state index is 12.4. The summed E-state index contributed by atoms with van der Waals surface area (Å²) in [6.07, 6.45) is 6.81. The first kappa shape index (κ1) is 17.9. The van der Waals surface area contributed by atoms with Crippen LogP contribution in [-0.2, 0) is 10.0 Å². The fourth-order valence-electron chi connectivity index (χ4n) is 2.81. The molecule has 1 rings (SSSR count). The van der Waals surface area contributed by atoms with Crippen molar-refractivity contribution in [1.82, 2.24) is 4.72 Å². The van der Waals surface area contributed by atoms with E-state index in [2.05, 4.69) is 4.72 Å². The van der Waals surface area contributed by atoms with E-state index in [1.165, 1.54) is 6.42 Å². The summed E-state index contributed by atoms with van der Waals surface area (Å²) in [5, 5.41) is 0. The molecule has 0 atom stereocenters. The van der Waals surface area contributed by atoms with E-state index in [1.54, 1.807) is 0 Å². The van der Waals surface area contributed by atoms with E-state index in [-0.39, 0.29) is 16.2 Å². The smallest absolute Gasteiger partial charge is 0.213 e. The summed E-state index contributed by atoms with van der Waals surface area (Å²) >= 11 is 5.19. The average molecular weight is 321 g/mol. The van der Waals surface area contributed by atoms with Crippen molar-refractivity contribution in [2.24, 2.45) is 11.1 Å². The van der Waals surface area contributed by atoms with Gasteiger partial charge in [-0.3, -0.25) is 0 Å². The molecule has 0 spiro atoms. The third-order valence-electron chi connectivity index (χ3n) is 3.65. The molecule has 0 aromatic carbocycles. The Hall–Kier alpha value is -0.200. The number of sulfonamides is 1. The molecule has 1 fully saturated rings. The molecule has 6 heteroatoms. The van der Waals surface area contributed by atoms with Gasteiger partial charge >= 0.3 is 0 Å². The predicted octanol–water partition coefficient (Wildman–Crippen LogP) is 2.72. The highest BCUT2D eigenvalue weighted by Gasteiger charge is 2.38. The SMILES string of the molecule is CC(C)(C)CS(=O)(=O)NC1(C(N)=S)CCCCCCC1. The van der Waals surface area contributed by atoms with Crippen molar-refractivity contribution in [1.29, 1.82) is 0 Å². The van der Waals surface area contributed by atoms with Crippen molar-refractivity contribution in [3.63, 3.8) is 0 Å². The van der Waals surface area contributed by atoms with Crippen LogP contribution in [0, 0.1) is 5.41 Å². The van der Waals surface area contributed by atoms with Crippen LogP contribution in [0.5, 0.6) is 0 Å². The molecule has 0 aliphatic heterocycles. The van der Waals surface area contributed by atoms with Gasteiger partial charge in [0.25, 0.3) is 0 Å². The molecule has 3 N–H and O–H groups in total. The van der Waals surface area contributed by atoms with Crippen molar-refractivity contribution < 1.29 is 8.42 Å². The number of hydrogen-bond acceptors (Lipinski definition) is 3. The van der Waals surface area contributed by atoms with Gasteiger partial charge in [-0.05, 0) is 18.3 Å². The van der Waals surface area contributed by atoms with Crippen molar-refractivity contribution >= 4 is 27.2 Å². The van der Waals surface area contributed by atoms with Crippen LogP contribution in [0.25, 0.3) is 0 Å². The van der Waals surface area contributed by atoms with Crippen molar-refractivity contribution in [2.75, 3.05) is 5.75 Å². The summed E-state index contributed by atoms with van der Waals surface area (Å²) in [5.41, 5.74) is 4.89. The Labute approximate surface area is 128 Å². The van der Waals surface area contributed by atoms with Gasteiger partial charge in [0.1, 0.15) is 0 Å². The highest BCUT2D eigenvalue weighted by Crippen LogP contribution is 2.28. The summed E-state index contributed by atoms with van der Waals surface area (Å²) in [7, 11) is -3.39. The molecular weight excluding hydrogens is 292 g/mol. The van der Waals surface area contributed by atoms with Crippen molar-refractivity contribution in [3.05, 3.63) is 0 Å². The topological polar surface area (TPSA) is 72.2 Å². The van der Waals surface area contributed by atoms with E-state index in [9.17, 15) is 8.42 Å². The standard InChI is InChI=1S/C14H28N2O2S2/c1-13(2,3)11-20(17,18)16-14(12(15)19)9-7-5-4-6-8-10-14/h16H,4-11H2,1-3H3,(H2,15,19). The van der Waals surface area contributed by atoms with Gasteiger partial charge < -0.3 is 5.73 Å². The normalized spacial score (nSPS) is 20.9. The Morgan fingerprint density at radius 3 is 2.00 bits per heavy atom. The van der Waals surface area contributed by atoms with Gasteiger partial charge in [0.15, 0.2) is 0 Å². The van der Waals surface area contributed by atoms with Crippen LogP contribution in [-0.4, -0.2) is 24.7 Å². The minimum atomic E-state index is -3.39. The van der Waals surface area contributed by atoms with Gasteiger partial charge in [-0.25, -0.2) is 13.1 Å². The molecule has 0 aromatic heterocycles. The van der Waals surface area contributed by atoms with Crippen LogP contribution >= 0.6 is 12.2 Å². The Morgan fingerprint density at radius 2 is 1.60 bits per heavy atom. The number of thiocarbonyl (C=S) groups is 1. The lowest BCUT2D eigenvalue weighted by atomic mass is 9.85. The quantitative estimate of drug-likeness (QED) is 0.781. The second-order valence-electron chi connectivity index (χ2n) is 7.14. The number of hydrogen-bond donors (Lipinski definition) is 2. The molecular formula is C14H28N2O2S2. The lowest BCUT2D eigenvalue weighted by molar-refractivity contribution is 0.367. The van der Waals surface area contributed by atoms with Gasteiger partial charge in [0.2, 0.25) is 10.0 Å². The lowest BCUT2D eigenvalue weighted by Crippen LogP contribution is -2.57. The monoisotopic (exact) mass is 320 g/mol. The fraction of sp³-hybridized carbons (Fsp3) is 0.929. The first-order chi connectivity index (χ1) is 9.06. The number of rotatable bonds is 4. The van der Waals surface area contributed by atoms with E-state index < -0.39 is 15.6 Å². The molecule has 118 valence electrons. The molecule has 20 heavy (non-hydrogen) atoms. The molecule has 0 amide bonds. The zero-order chi connectivity index (χ0) is 15.4. The van der Waals surface area contributed by atoms with Gasteiger partial charge in [0.05, 0.1) is 16.3 Å². The minimum absolute atomic E-state index is 0.0877. The largest absolute Gasteiger partial charge is 0.392 e. The Kier molecular flexibility index (Phi) is 5.99. The number of nitrogens with one attached hydrogen (secondary N) is 1. The fourth-order valence-corrected chi connectivity index (χ4v) is 5.25. The second kappa shape index (κ2) is 6.71. The third-order valence-corrected chi connectivity index (χ3v) is 5.99. The van der Waals surface area contributed by atoms with E-state index in [0.717, 1.165) is 25.7 Å². The molecule has 1 aliphatic rings. The molecule has 1 saturated carbocycles. The van der Waals surface area contributed by atoms with E-state index in [4.69, 9.17) is 18.0 Å². The van der Waals surface area contributed by atoms with Crippen molar-refractivity contribution in [3.8, 4) is 0 Å². The molecule has 4 nitrogen and oxygen atoms in total. The second-order valence-corrected chi connectivity index (χ2v) is 9.30. The van der Waals surface area contributed by atoms with Gasteiger partial charge in [-0.1, -0.05) is 65.1 Å². The van der Waals surface area contributed by atoms with Gasteiger partial charge in [0, 0.05) is 0 Å². The molecule has 0 bridgehead atoms. The third kappa shape index (κ3) is 5.66. The lowest BCUT2D eigenvalue weighted by Gasteiger charge is -2.36. The van der Waals surface area contributed by atoms with Crippen LogP contribution in [0.2, 0.25) is 0 Å². The zero-order valence-electron chi connectivity index (χ0n) is 12.9. The van der Waals surface area contributed by atoms with E-state index in [1.807, 2.05) is 20.8 Å². The summed E-state index contributed by atoms with van der Waals surface area (Å²) in [6, 6.07) is 0. The molecule has 0 radical (unpaired) electrons. The zero-order valence-corrected chi connectivity index (χ0v) is 14.5. The Morgan fingerprint density at radius 1 is 1.15 bits per heavy atom. The molecule has 1 aliphatic carbocycles. The van der Waals surface area contributed by atoms with E-state index in [0.29, 0.717) is 12.8 Å². The molecule has 0 saturated heterocycles. The summed E-state index contributed by atoms with van der Waals surface area (Å²) in [4.78, 5) is 0.289. The highest BCUT2D eigenvalue weighted by molar-refractivity contribution is 7.89. The first-order valence-electron chi connectivity index (χ1n) is 7.38. The highest BCUT2D eigenvalue weighted by atomic mass is 32.2. The minimum Gasteiger partial charge on any atom is -0.392 e. The molecule has 0 unspecified atom stereocenters. The maximum Gasteiger partial charge on any atom is 0.213 e. The average Bonchev–Trinajstić information content (AvgIpc) is 2.17. The van der Waals surface area contributed by atoms with Gasteiger partial charge in [-0.15, -0.1) is 0 Å². The van der Waals surface area contributed by atoms with E-state index >= 15 is 0 Å². The van der Waals surface area contributed by atoms with Crippen molar-refractivity contribution in [2.45, 2.75) is 71.3 Å². The number of nitrogens with two attached hydrogens (primary N) is 1. The Bertz CT molecular complexity index is 431.